The van der Waals surface area contributed by atoms with E-state index >= 15 is 0 Å². The number of hydrogen-bond donors (Lipinski definition) is 0. The number of nitrogens with zero attached hydrogens (tertiary/aromatic N) is 2. The van der Waals surface area contributed by atoms with Crippen LogP contribution in [0.3, 0.4) is 0 Å². The molecule has 0 radical (unpaired) electrons. The van der Waals surface area contributed by atoms with E-state index in [1.165, 1.54) is 30.3 Å². The van der Waals surface area contributed by atoms with Crippen molar-refractivity contribution in [2.45, 2.75) is 18.9 Å². The number of likely N-dealkylation sites (tertiary alicyclic amines) is 1. The minimum atomic E-state index is -0.821. The molecule has 1 aliphatic rings. The van der Waals surface area contributed by atoms with Gasteiger partial charge >= 0.3 is 5.97 Å². The fourth-order valence-electron chi connectivity index (χ4n) is 2.09. The van der Waals surface area contributed by atoms with Crippen molar-refractivity contribution < 1.29 is 18.7 Å². The molecule has 18 heavy (non-hydrogen) atoms. The first-order chi connectivity index (χ1) is 8.65. The summed E-state index contributed by atoms with van der Waals surface area (Å²) in [6.07, 6.45) is 2.52. The van der Waals surface area contributed by atoms with Crippen LogP contribution >= 0.6 is 0 Å². The van der Waals surface area contributed by atoms with E-state index in [-0.39, 0.29) is 5.56 Å². The van der Waals surface area contributed by atoms with Gasteiger partial charge in [0.1, 0.15) is 6.04 Å². The number of amides is 1. The molecule has 2 heterocycles. The molecule has 1 unspecified atom stereocenters. The molecule has 2 rings (SSSR count). The summed E-state index contributed by atoms with van der Waals surface area (Å²) in [4.78, 5) is 28.4. The van der Waals surface area contributed by atoms with Crippen molar-refractivity contribution in [3.63, 3.8) is 0 Å². The van der Waals surface area contributed by atoms with Crippen LogP contribution in [0.5, 0.6) is 0 Å². The van der Waals surface area contributed by atoms with E-state index in [2.05, 4.69) is 9.72 Å². The summed E-state index contributed by atoms with van der Waals surface area (Å²) in [6, 6.07) is 2.22. The van der Waals surface area contributed by atoms with Crippen molar-refractivity contribution >= 4 is 11.9 Å². The number of hydrogen-bond acceptors (Lipinski definition) is 4. The number of halogens is 1. The van der Waals surface area contributed by atoms with Crippen molar-refractivity contribution in [2.24, 2.45) is 0 Å². The minimum Gasteiger partial charge on any atom is -0.467 e. The summed E-state index contributed by atoms with van der Waals surface area (Å²) in [5.74, 6) is -1.81. The monoisotopic (exact) mass is 252 g/mol. The highest BCUT2D eigenvalue weighted by Gasteiger charge is 2.36. The van der Waals surface area contributed by atoms with Crippen LogP contribution in [0.25, 0.3) is 0 Å². The standard InChI is InChI=1S/C12H13FN2O3/c1-18-12(17)9-5-3-7-15(9)11(16)8-4-2-6-14-10(8)13/h2,4,6,9H,3,5,7H2,1H3. The average Bonchev–Trinajstić information content (AvgIpc) is 2.86. The highest BCUT2D eigenvalue weighted by molar-refractivity contribution is 5.97. The van der Waals surface area contributed by atoms with Crippen LogP contribution in [0.15, 0.2) is 18.3 Å². The van der Waals surface area contributed by atoms with E-state index in [9.17, 15) is 14.0 Å². The maximum absolute atomic E-state index is 13.4. The van der Waals surface area contributed by atoms with Gasteiger partial charge in [0.15, 0.2) is 0 Å². The lowest BCUT2D eigenvalue weighted by Crippen LogP contribution is -2.41. The lowest BCUT2D eigenvalue weighted by Gasteiger charge is -2.22. The number of ether oxygens (including phenoxy) is 1. The number of methoxy groups -OCH3 is 1. The van der Waals surface area contributed by atoms with Gasteiger partial charge in [0.2, 0.25) is 5.95 Å². The van der Waals surface area contributed by atoms with Crippen molar-refractivity contribution in [2.75, 3.05) is 13.7 Å². The lowest BCUT2D eigenvalue weighted by atomic mass is 10.2. The van der Waals surface area contributed by atoms with Gasteiger partial charge in [-0.15, -0.1) is 0 Å². The van der Waals surface area contributed by atoms with Crippen molar-refractivity contribution in [3.05, 3.63) is 29.8 Å². The molecule has 0 aliphatic carbocycles. The molecule has 6 heteroatoms. The molecule has 1 aliphatic heterocycles. The molecule has 0 aromatic carbocycles. The van der Waals surface area contributed by atoms with E-state index in [1.807, 2.05) is 0 Å². The van der Waals surface area contributed by atoms with Gasteiger partial charge < -0.3 is 9.64 Å². The minimum absolute atomic E-state index is 0.117. The molecule has 0 N–H and O–H groups in total. The smallest absolute Gasteiger partial charge is 0.328 e. The molecule has 0 bridgehead atoms. The van der Waals surface area contributed by atoms with Crippen molar-refractivity contribution in [1.29, 1.82) is 0 Å². The number of aromatic nitrogens is 1. The Bertz CT molecular complexity index is 478. The zero-order chi connectivity index (χ0) is 13.1. The topological polar surface area (TPSA) is 59.5 Å². The zero-order valence-corrected chi connectivity index (χ0v) is 9.93. The van der Waals surface area contributed by atoms with Crippen LogP contribution in [0, 0.1) is 5.95 Å². The van der Waals surface area contributed by atoms with E-state index < -0.39 is 23.9 Å². The summed E-state index contributed by atoms with van der Waals surface area (Å²) >= 11 is 0. The van der Waals surface area contributed by atoms with E-state index in [0.29, 0.717) is 19.4 Å². The first-order valence-electron chi connectivity index (χ1n) is 5.64. The number of pyridine rings is 1. The summed E-state index contributed by atoms with van der Waals surface area (Å²) in [5.41, 5.74) is -0.117. The maximum Gasteiger partial charge on any atom is 0.328 e. The summed E-state index contributed by atoms with van der Waals surface area (Å²) in [6.45, 7) is 0.424. The molecule has 1 amide bonds. The summed E-state index contributed by atoms with van der Waals surface area (Å²) in [5, 5.41) is 0. The van der Waals surface area contributed by atoms with E-state index in [0.717, 1.165) is 0 Å². The van der Waals surface area contributed by atoms with Crippen LogP contribution in [0.2, 0.25) is 0 Å². The van der Waals surface area contributed by atoms with E-state index in [4.69, 9.17) is 0 Å². The quantitative estimate of drug-likeness (QED) is 0.582. The molecule has 1 saturated heterocycles. The molecule has 5 nitrogen and oxygen atoms in total. The number of carbonyl (C=O) groups excluding carboxylic acids is 2. The molecular formula is C12H13FN2O3. The Hall–Kier alpha value is -1.98. The third kappa shape index (κ3) is 2.18. The van der Waals surface area contributed by atoms with Gasteiger partial charge in [-0.3, -0.25) is 4.79 Å². The Morgan fingerprint density at radius 2 is 2.33 bits per heavy atom. The summed E-state index contributed by atoms with van der Waals surface area (Å²) in [7, 11) is 1.27. The van der Waals surface area contributed by atoms with Gasteiger partial charge in [-0.05, 0) is 25.0 Å². The predicted molar refractivity (Wildman–Crippen MR) is 60.3 cm³/mol. The molecule has 96 valence electrons. The fraction of sp³-hybridized carbons (Fsp3) is 0.417. The summed E-state index contributed by atoms with van der Waals surface area (Å²) < 4.78 is 18.1. The van der Waals surface area contributed by atoms with Gasteiger partial charge in [0.25, 0.3) is 5.91 Å². The highest BCUT2D eigenvalue weighted by atomic mass is 19.1. The largest absolute Gasteiger partial charge is 0.467 e. The third-order valence-corrected chi connectivity index (χ3v) is 2.98. The SMILES string of the molecule is COC(=O)C1CCCN1C(=O)c1cccnc1F. The molecule has 1 aromatic rings. The first kappa shape index (κ1) is 12.5. The molecule has 1 aromatic heterocycles. The molecule has 0 saturated carbocycles. The van der Waals surface area contributed by atoms with Crippen LogP contribution in [-0.2, 0) is 9.53 Å². The lowest BCUT2D eigenvalue weighted by molar-refractivity contribution is -0.145. The average molecular weight is 252 g/mol. The Morgan fingerprint density at radius 1 is 1.56 bits per heavy atom. The molecule has 1 atom stereocenters. The van der Waals surface area contributed by atoms with E-state index in [1.54, 1.807) is 0 Å². The van der Waals surface area contributed by atoms with Gasteiger partial charge in [0.05, 0.1) is 12.7 Å². The van der Waals surface area contributed by atoms with Crippen molar-refractivity contribution in [3.8, 4) is 0 Å². The Balaban J connectivity index is 2.23. The van der Waals surface area contributed by atoms with Crippen LogP contribution in [-0.4, -0.2) is 41.5 Å². The van der Waals surface area contributed by atoms with Gasteiger partial charge in [0, 0.05) is 12.7 Å². The first-order valence-corrected chi connectivity index (χ1v) is 5.64. The molecular weight excluding hydrogens is 239 g/mol. The molecule has 0 spiro atoms. The Labute approximate surface area is 104 Å². The van der Waals surface area contributed by atoms with Crippen molar-refractivity contribution in [1.82, 2.24) is 9.88 Å². The van der Waals surface area contributed by atoms with Gasteiger partial charge in [-0.25, -0.2) is 9.78 Å². The number of rotatable bonds is 2. The van der Waals surface area contributed by atoms with Gasteiger partial charge in [-0.1, -0.05) is 0 Å². The van der Waals surface area contributed by atoms with Crippen LogP contribution in [0.4, 0.5) is 4.39 Å². The van der Waals surface area contributed by atoms with Crippen LogP contribution < -0.4 is 0 Å². The second-order valence-electron chi connectivity index (χ2n) is 4.02. The second-order valence-corrected chi connectivity index (χ2v) is 4.02. The predicted octanol–water partition coefficient (Wildman–Crippen LogP) is 0.998. The second kappa shape index (κ2) is 5.12. The maximum atomic E-state index is 13.4. The number of carbonyl (C=O) groups is 2. The zero-order valence-electron chi connectivity index (χ0n) is 9.93. The fourth-order valence-corrected chi connectivity index (χ4v) is 2.09. The third-order valence-electron chi connectivity index (χ3n) is 2.98. The highest BCUT2D eigenvalue weighted by Crippen LogP contribution is 2.21. The Morgan fingerprint density at radius 3 is 3.00 bits per heavy atom. The Kier molecular flexibility index (Phi) is 3.55. The number of esters is 1. The normalized spacial score (nSPS) is 18.8. The molecule has 1 fully saturated rings. The van der Waals surface area contributed by atoms with Gasteiger partial charge in [-0.2, -0.15) is 4.39 Å². The van der Waals surface area contributed by atoms with Crippen LogP contribution in [0.1, 0.15) is 23.2 Å².